The van der Waals surface area contributed by atoms with Crippen LogP contribution in [0.25, 0.3) is 0 Å². The minimum atomic E-state index is -0.471. The number of benzene rings is 3. The fraction of sp³-hybridized carbons (Fsp3) is 0.167. The quantitative estimate of drug-likeness (QED) is 0.389. The van der Waals surface area contributed by atoms with Gasteiger partial charge in [0.15, 0.2) is 6.10 Å². The summed E-state index contributed by atoms with van der Waals surface area (Å²) in [6.07, 6.45) is 0.122. The van der Waals surface area contributed by atoms with Crippen molar-refractivity contribution in [2.75, 3.05) is 6.54 Å². The fourth-order valence-corrected chi connectivity index (χ4v) is 4.01. The van der Waals surface area contributed by atoms with E-state index in [1.807, 2.05) is 18.2 Å². The first-order valence-electron chi connectivity index (χ1n) is 9.86. The molecule has 1 amide bonds. The molecule has 0 fully saturated rings. The average molecular weight is 492 g/mol. The molecule has 1 atom stereocenters. The molecule has 1 heterocycles. The Morgan fingerprint density at radius 1 is 1.03 bits per heavy atom. The van der Waals surface area contributed by atoms with Crippen LogP contribution in [0.15, 0.2) is 71.9 Å². The van der Waals surface area contributed by atoms with Crippen LogP contribution in [0.4, 0.5) is 4.39 Å². The van der Waals surface area contributed by atoms with Crippen LogP contribution in [0.3, 0.4) is 0 Å². The average Bonchev–Trinajstić information content (AvgIpc) is 3.23. The smallest absolute Gasteiger partial charge is 0.254 e. The molecule has 0 unspecified atom stereocenters. The SMILES string of the molecule is O=C(c1cccc(F)c1)N(Cc1cccc(Cl)c1)C[C@H]1CC(c2ccc(Cl)c(Cl)c2)=NO1. The van der Waals surface area contributed by atoms with E-state index < -0.39 is 5.82 Å². The maximum Gasteiger partial charge on any atom is 0.254 e. The van der Waals surface area contributed by atoms with Gasteiger partial charge in [-0.3, -0.25) is 4.79 Å². The van der Waals surface area contributed by atoms with E-state index in [1.54, 1.807) is 35.2 Å². The Morgan fingerprint density at radius 3 is 2.59 bits per heavy atom. The number of carbonyl (C=O) groups is 1. The van der Waals surface area contributed by atoms with Crippen molar-refractivity contribution < 1.29 is 14.0 Å². The molecule has 4 rings (SSSR count). The summed E-state index contributed by atoms with van der Waals surface area (Å²) in [6, 6.07) is 18.1. The highest BCUT2D eigenvalue weighted by molar-refractivity contribution is 6.42. The highest BCUT2D eigenvalue weighted by atomic mass is 35.5. The number of halogens is 4. The van der Waals surface area contributed by atoms with Crippen LogP contribution < -0.4 is 0 Å². The molecular formula is C24H18Cl3FN2O2. The van der Waals surface area contributed by atoms with Gasteiger partial charge in [-0.05, 0) is 48.0 Å². The maximum atomic E-state index is 13.7. The Hall–Kier alpha value is -2.60. The third-order valence-corrected chi connectivity index (χ3v) is 6.01. The molecule has 32 heavy (non-hydrogen) atoms. The highest BCUT2D eigenvalue weighted by Crippen LogP contribution is 2.26. The Labute approximate surface area is 200 Å². The van der Waals surface area contributed by atoms with Crippen molar-refractivity contribution >= 4 is 46.4 Å². The first-order valence-corrected chi connectivity index (χ1v) is 11.0. The van der Waals surface area contributed by atoms with Gasteiger partial charge in [0.1, 0.15) is 5.82 Å². The van der Waals surface area contributed by atoms with Crippen molar-refractivity contribution in [3.05, 3.63) is 104 Å². The van der Waals surface area contributed by atoms with Crippen LogP contribution in [0.5, 0.6) is 0 Å². The lowest BCUT2D eigenvalue weighted by molar-refractivity contribution is 0.0405. The van der Waals surface area contributed by atoms with Crippen LogP contribution in [-0.2, 0) is 11.4 Å². The first-order chi connectivity index (χ1) is 15.4. The summed E-state index contributed by atoms with van der Waals surface area (Å²) in [7, 11) is 0. The van der Waals surface area contributed by atoms with Crippen LogP contribution in [-0.4, -0.2) is 29.2 Å². The highest BCUT2D eigenvalue weighted by Gasteiger charge is 2.28. The lowest BCUT2D eigenvalue weighted by Gasteiger charge is -2.25. The minimum Gasteiger partial charge on any atom is -0.390 e. The van der Waals surface area contributed by atoms with E-state index in [9.17, 15) is 9.18 Å². The number of amides is 1. The maximum absolute atomic E-state index is 13.7. The van der Waals surface area contributed by atoms with Crippen molar-refractivity contribution in [1.82, 2.24) is 4.90 Å². The molecule has 3 aromatic rings. The lowest BCUT2D eigenvalue weighted by atomic mass is 10.0. The van der Waals surface area contributed by atoms with Crippen molar-refractivity contribution in [1.29, 1.82) is 0 Å². The zero-order valence-electron chi connectivity index (χ0n) is 16.8. The number of hydrogen-bond donors (Lipinski definition) is 0. The summed E-state index contributed by atoms with van der Waals surface area (Å²) in [5, 5.41) is 5.63. The van der Waals surface area contributed by atoms with Crippen molar-refractivity contribution in [3.8, 4) is 0 Å². The number of carbonyl (C=O) groups excluding carboxylic acids is 1. The van der Waals surface area contributed by atoms with Crippen LogP contribution >= 0.6 is 34.8 Å². The van der Waals surface area contributed by atoms with E-state index in [0.29, 0.717) is 21.5 Å². The summed E-state index contributed by atoms with van der Waals surface area (Å²) >= 11 is 18.2. The summed E-state index contributed by atoms with van der Waals surface area (Å²) in [5.74, 6) is -0.781. The normalized spacial score (nSPS) is 15.2. The summed E-state index contributed by atoms with van der Waals surface area (Å²) in [6.45, 7) is 0.550. The molecule has 3 aromatic carbocycles. The molecule has 0 aliphatic carbocycles. The fourth-order valence-electron chi connectivity index (χ4n) is 3.50. The molecule has 0 radical (unpaired) electrons. The molecule has 0 N–H and O–H groups in total. The largest absolute Gasteiger partial charge is 0.390 e. The number of hydrogen-bond acceptors (Lipinski definition) is 3. The number of oxime groups is 1. The third kappa shape index (κ3) is 5.41. The van der Waals surface area contributed by atoms with Gasteiger partial charge in [-0.2, -0.15) is 0 Å². The van der Waals surface area contributed by atoms with E-state index in [-0.39, 0.29) is 30.7 Å². The molecule has 4 nitrogen and oxygen atoms in total. The van der Waals surface area contributed by atoms with Gasteiger partial charge in [-0.25, -0.2) is 4.39 Å². The Balaban J connectivity index is 1.52. The monoisotopic (exact) mass is 490 g/mol. The summed E-state index contributed by atoms with van der Waals surface area (Å²) in [4.78, 5) is 20.4. The molecule has 0 saturated heterocycles. The van der Waals surface area contributed by atoms with Gasteiger partial charge < -0.3 is 9.74 Å². The minimum absolute atomic E-state index is 0.260. The van der Waals surface area contributed by atoms with Gasteiger partial charge >= 0.3 is 0 Å². The van der Waals surface area contributed by atoms with Gasteiger partial charge in [-0.15, -0.1) is 0 Å². The van der Waals surface area contributed by atoms with E-state index in [4.69, 9.17) is 39.6 Å². The number of rotatable bonds is 6. The molecule has 0 spiro atoms. The van der Waals surface area contributed by atoms with Gasteiger partial charge in [0.2, 0.25) is 0 Å². The van der Waals surface area contributed by atoms with Gasteiger partial charge in [0.25, 0.3) is 5.91 Å². The van der Waals surface area contributed by atoms with Crippen molar-refractivity contribution in [3.63, 3.8) is 0 Å². The lowest BCUT2D eigenvalue weighted by Crippen LogP contribution is -2.37. The van der Waals surface area contributed by atoms with Gasteiger partial charge in [0, 0.05) is 29.1 Å². The standard InChI is InChI=1S/C24H18Cl3FN2O2/c25-18-5-1-3-15(9-18)13-30(24(31)17-4-2-6-19(28)10-17)14-20-12-23(29-32-20)16-7-8-21(26)22(27)11-16/h1-11,20H,12-14H2/t20-/m1/s1. The molecule has 164 valence electrons. The Morgan fingerprint density at radius 2 is 1.84 bits per heavy atom. The second-order valence-electron chi connectivity index (χ2n) is 7.42. The molecule has 0 aromatic heterocycles. The zero-order chi connectivity index (χ0) is 22.7. The molecular weight excluding hydrogens is 474 g/mol. The second kappa shape index (κ2) is 9.90. The van der Waals surface area contributed by atoms with E-state index in [2.05, 4.69) is 5.16 Å². The predicted molar refractivity (Wildman–Crippen MR) is 125 cm³/mol. The predicted octanol–water partition coefficient (Wildman–Crippen LogP) is 6.62. The first kappa shape index (κ1) is 22.6. The topological polar surface area (TPSA) is 41.9 Å². The Bertz CT molecular complexity index is 1190. The van der Waals surface area contributed by atoms with E-state index >= 15 is 0 Å². The summed E-state index contributed by atoms with van der Waals surface area (Å²) in [5.41, 5.74) is 2.63. The molecule has 1 aliphatic rings. The molecule has 1 aliphatic heterocycles. The molecule has 0 bridgehead atoms. The van der Waals surface area contributed by atoms with Gasteiger partial charge in [-0.1, -0.05) is 64.2 Å². The summed E-state index contributed by atoms with van der Waals surface area (Å²) < 4.78 is 13.7. The molecule has 0 saturated carbocycles. The van der Waals surface area contributed by atoms with Crippen molar-refractivity contribution in [2.24, 2.45) is 5.16 Å². The zero-order valence-corrected chi connectivity index (χ0v) is 19.0. The van der Waals surface area contributed by atoms with Crippen LogP contribution in [0.2, 0.25) is 15.1 Å². The van der Waals surface area contributed by atoms with Crippen molar-refractivity contribution in [2.45, 2.75) is 19.1 Å². The van der Waals surface area contributed by atoms with E-state index in [0.717, 1.165) is 16.8 Å². The Kier molecular flexibility index (Phi) is 6.99. The van der Waals surface area contributed by atoms with E-state index in [1.165, 1.54) is 18.2 Å². The third-order valence-electron chi connectivity index (χ3n) is 5.03. The van der Waals surface area contributed by atoms with Crippen LogP contribution in [0.1, 0.15) is 27.9 Å². The number of nitrogens with zero attached hydrogens (tertiary/aromatic N) is 2. The second-order valence-corrected chi connectivity index (χ2v) is 8.68. The molecule has 8 heteroatoms. The van der Waals surface area contributed by atoms with Gasteiger partial charge in [0.05, 0.1) is 22.3 Å². The van der Waals surface area contributed by atoms with Crippen LogP contribution in [0, 0.1) is 5.82 Å².